The number of nitrogens with zero attached hydrogens (tertiary/aromatic N) is 3. The molecule has 0 amide bonds. The number of rotatable bonds is 2. The molecular formula is C46H25N3S2. The van der Waals surface area contributed by atoms with E-state index in [2.05, 4.69) is 156 Å². The van der Waals surface area contributed by atoms with Gasteiger partial charge < -0.3 is 0 Å². The molecule has 51 heavy (non-hydrogen) atoms. The summed E-state index contributed by atoms with van der Waals surface area (Å²) < 4.78 is 7.52. The Morgan fingerprint density at radius 2 is 1.08 bits per heavy atom. The second-order valence-electron chi connectivity index (χ2n) is 13.3. The van der Waals surface area contributed by atoms with Gasteiger partial charge in [0, 0.05) is 68.1 Å². The number of fused-ring (bicyclic) bond motifs is 17. The smallest absolute Gasteiger partial charge is 0.235 e. The van der Waals surface area contributed by atoms with Crippen molar-refractivity contribution in [2.24, 2.45) is 0 Å². The summed E-state index contributed by atoms with van der Waals surface area (Å²) in [6, 6.07) is 54.8. The first-order chi connectivity index (χ1) is 25.3. The molecular weight excluding hydrogens is 659 g/mol. The van der Waals surface area contributed by atoms with Crippen molar-refractivity contribution < 1.29 is 0 Å². The van der Waals surface area contributed by atoms with Crippen molar-refractivity contribution >= 4 is 117 Å². The Balaban J connectivity index is 1.37. The molecule has 236 valence electrons. The van der Waals surface area contributed by atoms with Gasteiger partial charge in [0.05, 0.1) is 26.9 Å². The van der Waals surface area contributed by atoms with E-state index in [1.807, 2.05) is 22.7 Å². The molecule has 0 saturated carbocycles. The van der Waals surface area contributed by atoms with Gasteiger partial charge in [-0.2, -0.15) is 0 Å². The molecule has 0 unspecified atom stereocenters. The lowest BCUT2D eigenvalue weighted by molar-refractivity contribution is 1.02. The molecule has 5 heteroatoms. The fourth-order valence-electron chi connectivity index (χ4n) is 8.45. The molecule has 12 aromatic rings. The summed E-state index contributed by atoms with van der Waals surface area (Å²) in [6.45, 7) is 0. The van der Waals surface area contributed by atoms with E-state index in [0.29, 0.717) is 5.95 Å². The Labute approximate surface area is 299 Å². The molecule has 0 radical (unpaired) electrons. The van der Waals surface area contributed by atoms with E-state index in [1.54, 1.807) is 0 Å². The van der Waals surface area contributed by atoms with Gasteiger partial charge in [0.1, 0.15) is 0 Å². The highest BCUT2D eigenvalue weighted by Gasteiger charge is 2.25. The van der Waals surface area contributed by atoms with Crippen molar-refractivity contribution in [3.8, 4) is 17.2 Å². The average molecular weight is 684 g/mol. The molecule has 0 saturated heterocycles. The molecule has 8 aromatic carbocycles. The van der Waals surface area contributed by atoms with Crippen LogP contribution in [0.25, 0.3) is 112 Å². The quantitative estimate of drug-likeness (QED) is 0.170. The summed E-state index contributed by atoms with van der Waals surface area (Å²) in [5.74, 6) is 0.685. The zero-order valence-corrected chi connectivity index (χ0v) is 28.7. The molecule has 0 bridgehead atoms. The number of benzene rings is 8. The number of para-hydroxylation sites is 1. The molecule has 0 aliphatic carbocycles. The number of hydrogen-bond acceptors (Lipinski definition) is 4. The Bertz CT molecular complexity index is 3420. The van der Waals surface area contributed by atoms with Crippen molar-refractivity contribution in [2.45, 2.75) is 0 Å². The molecule has 0 fully saturated rings. The fraction of sp³-hybridized carbons (Fsp3) is 0. The maximum atomic E-state index is 5.53. The van der Waals surface area contributed by atoms with Crippen molar-refractivity contribution in [1.82, 2.24) is 14.5 Å². The van der Waals surface area contributed by atoms with Gasteiger partial charge in [0.25, 0.3) is 0 Å². The van der Waals surface area contributed by atoms with E-state index in [1.165, 1.54) is 72.8 Å². The molecule has 0 aliphatic rings. The van der Waals surface area contributed by atoms with Gasteiger partial charge in [-0.25, -0.2) is 9.97 Å². The lowest BCUT2D eigenvalue weighted by atomic mass is 9.95. The van der Waals surface area contributed by atoms with Crippen LogP contribution in [-0.4, -0.2) is 14.5 Å². The largest absolute Gasteiger partial charge is 0.276 e. The summed E-state index contributed by atoms with van der Waals surface area (Å²) in [7, 11) is 0. The topological polar surface area (TPSA) is 30.7 Å². The molecule has 4 heterocycles. The minimum absolute atomic E-state index is 0.685. The third kappa shape index (κ3) is 3.71. The maximum absolute atomic E-state index is 5.53. The van der Waals surface area contributed by atoms with Gasteiger partial charge >= 0.3 is 0 Å². The van der Waals surface area contributed by atoms with E-state index in [-0.39, 0.29) is 0 Å². The monoisotopic (exact) mass is 683 g/mol. The van der Waals surface area contributed by atoms with Gasteiger partial charge in [-0.1, -0.05) is 121 Å². The van der Waals surface area contributed by atoms with E-state index in [9.17, 15) is 0 Å². The third-order valence-corrected chi connectivity index (χ3v) is 12.9. The van der Waals surface area contributed by atoms with Crippen LogP contribution in [-0.2, 0) is 0 Å². The van der Waals surface area contributed by atoms with Crippen molar-refractivity contribution in [2.75, 3.05) is 0 Å². The van der Waals surface area contributed by atoms with Crippen LogP contribution in [0.15, 0.2) is 152 Å². The van der Waals surface area contributed by atoms with E-state index >= 15 is 0 Å². The second kappa shape index (κ2) is 10.2. The van der Waals surface area contributed by atoms with Gasteiger partial charge in [0.2, 0.25) is 5.95 Å². The van der Waals surface area contributed by atoms with Crippen LogP contribution in [0.5, 0.6) is 0 Å². The summed E-state index contributed by atoms with van der Waals surface area (Å²) in [6.07, 6.45) is 0. The molecule has 0 atom stereocenters. The standard InChI is InChI=1S/C46H25N3S2/c1-2-13-27(14-3-1)42-33-23-22-26-12-4-5-15-28(26)43(33)48-46(47-42)49-34-19-9-6-16-29(34)41-40-32(24-25-37-39(40)31-18-8-10-20-35(31)50-37)38-30-17-7-11-21-36(30)51-45(38)44(41)49/h1-25H. The molecule has 0 aliphatic heterocycles. The molecule has 0 N–H and O–H groups in total. The Kier molecular flexibility index (Phi) is 5.53. The third-order valence-electron chi connectivity index (χ3n) is 10.6. The average Bonchev–Trinajstić information content (AvgIpc) is 3.88. The predicted octanol–water partition coefficient (Wildman–Crippen LogP) is 13.4. The molecule has 3 nitrogen and oxygen atoms in total. The predicted molar refractivity (Wildman–Crippen MR) is 220 cm³/mol. The highest BCUT2D eigenvalue weighted by Crippen LogP contribution is 2.51. The molecule has 0 spiro atoms. The van der Waals surface area contributed by atoms with Crippen molar-refractivity contribution in [1.29, 1.82) is 0 Å². The highest BCUT2D eigenvalue weighted by atomic mass is 32.1. The number of aromatic nitrogens is 3. The maximum Gasteiger partial charge on any atom is 0.235 e. The van der Waals surface area contributed by atoms with Gasteiger partial charge in [-0.15, -0.1) is 22.7 Å². The van der Waals surface area contributed by atoms with E-state index in [4.69, 9.17) is 9.97 Å². The highest BCUT2D eigenvalue weighted by molar-refractivity contribution is 7.27. The van der Waals surface area contributed by atoms with Crippen LogP contribution in [0.1, 0.15) is 0 Å². The lowest BCUT2D eigenvalue weighted by Gasteiger charge is -2.14. The number of thiophene rings is 2. The van der Waals surface area contributed by atoms with Crippen LogP contribution >= 0.6 is 22.7 Å². The zero-order valence-electron chi connectivity index (χ0n) is 27.1. The Morgan fingerprint density at radius 3 is 1.92 bits per heavy atom. The zero-order chi connectivity index (χ0) is 33.2. The summed E-state index contributed by atoms with van der Waals surface area (Å²) in [5.41, 5.74) is 5.25. The van der Waals surface area contributed by atoms with Crippen LogP contribution in [0.2, 0.25) is 0 Å². The normalized spacial score (nSPS) is 12.3. The molecule has 4 aromatic heterocycles. The minimum atomic E-state index is 0.685. The van der Waals surface area contributed by atoms with E-state index in [0.717, 1.165) is 33.1 Å². The fourth-order valence-corrected chi connectivity index (χ4v) is 10.8. The van der Waals surface area contributed by atoms with Crippen molar-refractivity contribution in [3.05, 3.63) is 152 Å². The van der Waals surface area contributed by atoms with E-state index < -0.39 is 0 Å². The first kappa shape index (κ1) is 27.7. The van der Waals surface area contributed by atoms with Crippen molar-refractivity contribution in [3.63, 3.8) is 0 Å². The first-order valence-corrected chi connectivity index (χ1v) is 18.8. The summed E-state index contributed by atoms with van der Waals surface area (Å²) in [5, 5.41) is 13.6. The Hall–Kier alpha value is -6.14. The molecule has 12 rings (SSSR count). The van der Waals surface area contributed by atoms with Gasteiger partial charge in [0.15, 0.2) is 0 Å². The van der Waals surface area contributed by atoms with Crippen LogP contribution in [0.3, 0.4) is 0 Å². The van der Waals surface area contributed by atoms with Crippen LogP contribution in [0, 0.1) is 0 Å². The van der Waals surface area contributed by atoms with Gasteiger partial charge in [-0.05, 0) is 41.1 Å². The first-order valence-electron chi connectivity index (χ1n) is 17.2. The Morgan fingerprint density at radius 1 is 0.412 bits per heavy atom. The number of hydrogen-bond donors (Lipinski definition) is 0. The van der Waals surface area contributed by atoms with Crippen LogP contribution < -0.4 is 0 Å². The van der Waals surface area contributed by atoms with Gasteiger partial charge in [-0.3, -0.25) is 4.57 Å². The summed E-state index contributed by atoms with van der Waals surface area (Å²) in [4.78, 5) is 11.1. The van der Waals surface area contributed by atoms with Crippen LogP contribution in [0.4, 0.5) is 0 Å². The second-order valence-corrected chi connectivity index (χ2v) is 15.4. The lowest BCUT2D eigenvalue weighted by Crippen LogP contribution is -2.04. The SMILES string of the molecule is c1ccc(-c2nc(-n3c4ccccc4c4c5c(ccc6sc7ccccc7c65)c5c6ccccc6sc5c43)nc3c2ccc2ccccc23)cc1. The minimum Gasteiger partial charge on any atom is -0.276 e. The summed E-state index contributed by atoms with van der Waals surface area (Å²) >= 11 is 3.75.